The topological polar surface area (TPSA) is 119 Å². The van der Waals surface area contributed by atoms with Crippen LogP contribution >= 0.6 is 11.6 Å². The second kappa shape index (κ2) is 14.5. The fourth-order valence-corrected chi connectivity index (χ4v) is 9.84. The molecule has 2 aromatic carbocycles. The lowest BCUT2D eigenvalue weighted by Gasteiger charge is -2.44. The van der Waals surface area contributed by atoms with Crippen LogP contribution in [-0.2, 0) is 37.2 Å². The third-order valence-corrected chi connectivity index (χ3v) is 12.9. The molecule has 3 amide bonds. The number of hydrogen-bond acceptors (Lipinski definition) is 8. The minimum absolute atomic E-state index is 0.0909. The Morgan fingerprint density at radius 2 is 1.98 bits per heavy atom. The average molecular weight is 724 g/mol. The van der Waals surface area contributed by atoms with Crippen LogP contribution in [0.5, 0.6) is 5.75 Å². The molecule has 4 bridgehead atoms. The standard InChI is InChI=1S/C38H48ClN4O6S/c1-24-7-6-9-32(47-3)30-14-11-28(30)20-43-19-27-10-13-29(39)17-25(27)8-4-5-16-48-33-15-12-26(18-31(33)43)34(44)42-50(46)35(24)40-36(45)41-38-21-37(2,22-38)49-23-38/h6,9-10,12-13,15,17-18,24,28,30,32,35H,4-5,7-8,11,14,16,19-23H2,1-3H3,(H2,40,41,45)/q-1/b9-6+/t24-,28-,30+,32-,35?,37?,38?/m0/s1. The van der Waals surface area contributed by atoms with Crippen molar-refractivity contribution in [1.82, 2.24) is 10.6 Å². The van der Waals surface area contributed by atoms with E-state index in [1.807, 2.05) is 38.1 Å². The first-order valence-corrected chi connectivity index (χ1v) is 19.5. The first kappa shape index (κ1) is 35.3. The van der Waals surface area contributed by atoms with Gasteiger partial charge >= 0.3 is 6.03 Å². The summed E-state index contributed by atoms with van der Waals surface area (Å²) in [6, 6.07) is 11.0. The summed E-state index contributed by atoms with van der Waals surface area (Å²) in [4.78, 5) is 29.4. The van der Waals surface area contributed by atoms with Crippen LogP contribution < -0.4 is 20.3 Å². The van der Waals surface area contributed by atoms with Crippen molar-refractivity contribution in [2.75, 3.05) is 31.8 Å². The second-order valence-electron chi connectivity index (χ2n) is 15.2. The van der Waals surface area contributed by atoms with E-state index in [1.165, 1.54) is 11.1 Å². The Labute approximate surface area is 301 Å². The maximum atomic E-state index is 13.9. The summed E-state index contributed by atoms with van der Waals surface area (Å²) in [6.07, 6.45) is 10.9. The predicted molar refractivity (Wildman–Crippen MR) is 194 cm³/mol. The third kappa shape index (κ3) is 7.43. The Bertz CT molecular complexity index is 1740. The zero-order valence-electron chi connectivity index (χ0n) is 29.1. The van der Waals surface area contributed by atoms with E-state index in [4.69, 9.17) is 25.8 Å². The maximum absolute atomic E-state index is 13.9. The molecule has 0 spiro atoms. The number of anilines is 1. The fourth-order valence-electron chi connectivity index (χ4n) is 8.55. The van der Waals surface area contributed by atoms with Crippen molar-refractivity contribution >= 4 is 39.8 Å². The molecule has 2 saturated carbocycles. The van der Waals surface area contributed by atoms with Crippen LogP contribution in [0.2, 0.25) is 5.02 Å². The quantitative estimate of drug-likeness (QED) is 0.260. The van der Waals surface area contributed by atoms with E-state index >= 15 is 0 Å². The van der Waals surface area contributed by atoms with Crippen LogP contribution in [0, 0.1) is 17.8 Å². The van der Waals surface area contributed by atoms with E-state index in [1.54, 1.807) is 13.2 Å². The molecule has 270 valence electrons. The number of halogens is 1. The van der Waals surface area contributed by atoms with Gasteiger partial charge in [0.05, 0.1) is 36.1 Å². The molecule has 12 heteroatoms. The largest absolute Gasteiger partial charge is 0.491 e. The van der Waals surface area contributed by atoms with Crippen molar-refractivity contribution in [3.8, 4) is 5.75 Å². The predicted octanol–water partition coefficient (Wildman–Crippen LogP) is 6.93. The van der Waals surface area contributed by atoms with Gasteiger partial charge in [0.25, 0.3) is 5.91 Å². The summed E-state index contributed by atoms with van der Waals surface area (Å²) in [7, 11) is -0.312. The number of rotatable bonds is 3. The van der Waals surface area contributed by atoms with E-state index in [0.717, 1.165) is 62.2 Å². The van der Waals surface area contributed by atoms with Gasteiger partial charge in [0.15, 0.2) is 0 Å². The number of methoxy groups -OCH3 is 1. The van der Waals surface area contributed by atoms with Gasteiger partial charge in [-0.05, 0) is 110 Å². The lowest BCUT2D eigenvalue weighted by atomic mass is 9.69. The van der Waals surface area contributed by atoms with Gasteiger partial charge in [0.1, 0.15) is 5.75 Å². The van der Waals surface area contributed by atoms with E-state index in [2.05, 4.69) is 38.1 Å². The van der Waals surface area contributed by atoms with Crippen LogP contribution in [0.3, 0.4) is 0 Å². The average Bonchev–Trinajstić information content (AvgIpc) is 3.55. The summed E-state index contributed by atoms with van der Waals surface area (Å²) in [5.41, 5.74) is 2.91. The Hall–Kier alpha value is -3.12. The highest BCUT2D eigenvalue weighted by atomic mass is 35.5. The SMILES string of the molecule is CO[C@H]1/C=C/C[C@H](C)C(NC(=O)NC23COC(C)(C2)C3)[S-](=O)=NC(=O)c2ccc3c(c2)N(Cc2ccc(Cl)cc2CCCCO3)C[C@@H]2CC[C@H]21. The molecule has 50 heavy (non-hydrogen) atoms. The van der Waals surface area contributed by atoms with E-state index < -0.39 is 33.4 Å². The highest BCUT2D eigenvalue weighted by molar-refractivity contribution is 7.75. The molecule has 1 unspecified atom stereocenters. The van der Waals surface area contributed by atoms with Gasteiger partial charge < -0.3 is 38.3 Å². The van der Waals surface area contributed by atoms with Gasteiger partial charge in [-0.15, -0.1) is 0 Å². The lowest BCUT2D eigenvalue weighted by molar-refractivity contribution is 0.0132. The van der Waals surface area contributed by atoms with Crippen molar-refractivity contribution in [1.29, 1.82) is 0 Å². The highest BCUT2D eigenvalue weighted by Gasteiger charge is 2.60. The first-order valence-electron chi connectivity index (χ1n) is 17.9. The molecule has 4 fully saturated rings. The molecule has 4 aliphatic heterocycles. The number of nitrogens with zero attached hydrogens (tertiary/aromatic N) is 2. The van der Waals surface area contributed by atoms with Gasteiger partial charge in [-0.25, -0.2) is 4.79 Å². The summed E-state index contributed by atoms with van der Waals surface area (Å²) < 4.78 is 36.3. The summed E-state index contributed by atoms with van der Waals surface area (Å²) in [6.45, 7) is 6.32. The zero-order valence-corrected chi connectivity index (χ0v) is 30.7. The smallest absolute Gasteiger partial charge is 0.313 e. The number of nitrogens with one attached hydrogen (secondary N) is 2. The number of urea groups is 1. The number of allylic oxidation sites excluding steroid dienone is 1. The Kier molecular flexibility index (Phi) is 10.2. The monoisotopic (exact) mass is 723 g/mol. The van der Waals surface area contributed by atoms with Gasteiger partial charge in [-0.2, -0.15) is 10.6 Å². The fraction of sp³-hybridized carbons (Fsp3) is 0.579. The van der Waals surface area contributed by atoms with Gasteiger partial charge in [0, 0.05) is 43.6 Å². The zero-order chi connectivity index (χ0) is 35.0. The highest BCUT2D eigenvalue weighted by Crippen LogP contribution is 2.51. The van der Waals surface area contributed by atoms with Gasteiger partial charge in [-0.1, -0.05) is 36.7 Å². The number of aryl methyl sites for hydroxylation is 1. The molecule has 2 aliphatic carbocycles. The normalized spacial score (nSPS) is 33.6. The van der Waals surface area contributed by atoms with E-state index in [0.29, 0.717) is 49.3 Å². The molecule has 2 saturated heterocycles. The Morgan fingerprint density at radius 3 is 2.72 bits per heavy atom. The van der Waals surface area contributed by atoms with Crippen LogP contribution in [0.25, 0.3) is 0 Å². The second-order valence-corrected chi connectivity index (χ2v) is 16.9. The molecular weight excluding hydrogens is 676 g/mol. The number of fused-ring (bicyclic) bond motifs is 4. The number of carbonyl (C=O) groups is 2. The summed E-state index contributed by atoms with van der Waals surface area (Å²) >= 11 is 6.46. The first-order chi connectivity index (χ1) is 24.0. The number of ether oxygens (including phenoxy) is 3. The van der Waals surface area contributed by atoms with Crippen molar-refractivity contribution in [2.45, 2.75) is 94.4 Å². The van der Waals surface area contributed by atoms with Crippen molar-refractivity contribution in [3.05, 3.63) is 70.3 Å². The van der Waals surface area contributed by atoms with Crippen molar-refractivity contribution in [3.63, 3.8) is 0 Å². The molecule has 4 heterocycles. The maximum Gasteiger partial charge on any atom is 0.313 e. The molecule has 0 radical (unpaired) electrons. The summed E-state index contributed by atoms with van der Waals surface area (Å²) in [5.74, 6) is 0.471. The number of carbonyl (C=O) groups excluding carboxylic acids is 2. The Balaban J connectivity index is 1.25. The Morgan fingerprint density at radius 1 is 1.14 bits per heavy atom. The number of benzene rings is 2. The molecule has 5 atom stereocenters. The van der Waals surface area contributed by atoms with Crippen molar-refractivity contribution < 1.29 is 28.0 Å². The van der Waals surface area contributed by atoms with E-state index in [9.17, 15) is 13.8 Å². The molecule has 6 aliphatic rings. The minimum atomic E-state index is -2.06. The molecule has 8 rings (SSSR count). The van der Waals surface area contributed by atoms with Gasteiger partial charge in [0.2, 0.25) is 0 Å². The molecule has 2 aromatic rings. The molecular formula is C38H48ClN4O6S-. The number of amides is 3. The molecule has 0 aromatic heterocycles. The van der Waals surface area contributed by atoms with Crippen LogP contribution in [0.4, 0.5) is 10.5 Å². The van der Waals surface area contributed by atoms with E-state index in [-0.39, 0.29) is 17.6 Å². The summed E-state index contributed by atoms with van der Waals surface area (Å²) in [5, 5.41) is 5.80. The van der Waals surface area contributed by atoms with Crippen LogP contribution in [0.15, 0.2) is 52.9 Å². The van der Waals surface area contributed by atoms with Crippen molar-refractivity contribution in [2.24, 2.45) is 22.1 Å². The third-order valence-electron chi connectivity index (χ3n) is 11.3. The van der Waals surface area contributed by atoms with Crippen LogP contribution in [0.1, 0.15) is 80.3 Å². The molecule has 10 nitrogen and oxygen atoms in total. The molecule has 2 N–H and O–H groups in total. The van der Waals surface area contributed by atoms with Crippen LogP contribution in [-0.4, -0.2) is 61.4 Å². The van der Waals surface area contributed by atoms with Gasteiger partial charge in [-0.3, -0.25) is 4.79 Å². The minimum Gasteiger partial charge on any atom is -0.491 e. The number of hydrogen-bond donors (Lipinski definition) is 2. The lowest BCUT2D eigenvalue weighted by Crippen LogP contribution is -2.61.